The van der Waals surface area contributed by atoms with Crippen LogP contribution in [0.1, 0.15) is 0 Å². The highest BCUT2D eigenvalue weighted by Gasteiger charge is 2.07. The van der Waals surface area contributed by atoms with Crippen molar-refractivity contribution in [1.29, 1.82) is 0 Å². The molecule has 0 aliphatic heterocycles. The van der Waals surface area contributed by atoms with Crippen molar-refractivity contribution in [1.82, 2.24) is 0 Å². The molecule has 104 valence electrons. The topological polar surface area (TPSA) is 64.3 Å². The summed E-state index contributed by atoms with van der Waals surface area (Å²) < 4.78 is 30.9. The number of ether oxygens (including phenoxy) is 1. The Labute approximate surface area is 114 Å². The third-order valence-corrected chi connectivity index (χ3v) is 2.45. The molecule has 2 aromatic carbocycles. The molecule has 0 aliphatic carbocycles. The molecule has 2 rings (SSSR count). The highest BCUT2D eigenvalue weighted by atomic mass is 19.2. The van der Waals surface area contributed by atoms with Gasteiger partial charge in [-0.1, -0.05) is 0 Å². The molecule has 0 heterocycles. The maximum Gasteiger partial charge on any atom is 0.262 e. The van der Waals surface area contributed by atoms with Crippen LogP contribution in [-0.4, -0.2) is 12.5 Å². The highest BCUT2D eigenvalue weighted by molar-refractivity contribution is 5.91. The van der Waals surface area contributed by atoms with Gasteiger partial charge in [0.1, 0.15) is 5.75 Å². The third-order valence-electron chi connectivity index (χ3n) is 2.45. The number of carbonyl (C=O) groups is 1. The van der Waals surface area contributed by atoms with Crippen LogP contribution < -0.4 is 15.8 Å². The highest BCUT2D eigenvalue weighted by Crippen LogP contribution is 2.14. The maximum atomic E-state index is 12.9. The zero-order valence-corrected chi connectivity index (χ0v) is 10.4. The number of amides is 1. The average Bonchev–Trinajstić information content (AvgIpc) is 2.42. The second-order valence-electron chi connectivity index (χ2n) is 4.03. The Morgan fingerprint density at radius 3 is 2.45 bits per heavy atom. The molecule has 0 radical (unpaired) electrons. The maximum absolute atomic E-state index is 12.9. The summed E-state index contributed by atoms with van der Waals surface area (Å²) in [7, 11) is 0. The lowest BCUT2D eigenvalue weighted by molar-refractivity contribution is -0.118. The van der Waals surface area contributed by atoms with E-state index in [0.717, 1.165) is 12.1 Å². The summed E-state index contributed by atoms with van der Waals surface area (Å²) in [5, 5.41) is 2.40. The van der Waals surface area contributed by atoms with E-state index < -0.39 is 17.5 Å². The molecule has 1 amide bonds. The van der Waals surface area contributed by atoms with Gasteiger partial charge in [-0.25, -0.2) is 8.78 Å². The molecule has 20 heavy (non-hydrogen) atoms. The standard InChI is InChI=1S/C14H12F2N2O2/c15-12-6-3-10(7-13(12)16)18-14(19)8-20-11-4-1-9(17)2-5-11/h1-7H,8,17H2,(H,18,19). The van der Waals surface area contributed by atoms with Gasteiger partial charge in [-0.05, 0) is 36.4 Å². The summed E-state index contributed by atoms with van der Waals surface area (Å²) in [6.45, 7) is -0.247. The molecular formula is C14H12F2N2O2. The van der Waals surface area contributed by atoms with Crippen LogP contribution in [0.15, 0.2) is 42.5 Å². The minimum atomic E-state index is -1.03. The summed E-state index contributed by atoms with van der Waals surface area (Å²) in [5.74, 6) is -1.99. The first-order valence-corrected chi connectivity index (χ1v) is 5.78. The van der Waals surface area contributed by atoms with Crippen LogP contribution in [-0.2, 0) is 4.79 Å². The Hall–Kier alpha value is -2.63. The third kappa shape index (κ3) is 3.68. The molecule has 0 saturated heterocycles. The molecule has 2 aromatic rings. The SMILES string of the molecule is Nc1ccc(OCC(=O)Nc2ccc(F)c(F)c2)cc1. The Morgan fingerprint density at radius 2 is 1.80 bits per heavy atom. The summed E-state index contributed by atoms with van der Waals surface area (Å²) in [4.78, 5) is 11.6. The van der Waals surface area contributed by atoms with Crippen molar-refractivity contribution in [3.63, 3.8) is 0 Å². The largest absolute Gasteiger partial charge is 0.484 e. The van der Waals surface area contributed by atoms with E-state index in [-0.39, 0.29) is 12.3 Å². The Morgan fingerprint density at radius 1 is 1.10 bits per heavy atom. The van der Waals surface area contributed by atoms with Gasteiger partial charge in [0, 0.05) is 17.4 Å². The lowest BCUT2D eigenvalue weighted by Crippen LogP contribution is -2.20. The number of nitrogen functional groups attached to an aromatic ring is 1. The van der Waals surface area contributed by atoms with Gasteiger partial charge >= 0.3 is 0 Å². The van der Waals surface area contributed by atoms with Crippen LogP contribution in [0.4, 0.5) is 20.2 Å². The fourth-order valence-electron chi connectivity index (χ4n) is 1.48. The Bertz CT molecular complexity index is 615. The van der Waals surface area contributed by atoms with Gasteiger partial charge in [-0.15, -0.1) is 0 Å². The quantitative estimate of drug-likeness (QED) is 0.845. The first-order chi connectivity index (χ1) is 9.54. The molecular weight excluding hydrogens is 266 g/mol. The number of halogens is 2. The number of nitrogens with one attached hydrogen (secondary N) is 1. The van der Waals surface area contributed by atoms with Crippen molar-refractivity contribution >= 4 is 17.3 Å². The predicted octanol–water partition coefficient (Wildman–Crippen LogP) is 2.56. The van der Waals surface area contributed by atoms with E-state index >= 15 is 0 Å². The number of nitrogens with two attached hydrogens (primary N) is 1. The van der Waals surface area contributed by atoms with Gasteiger partial charge in [0.05, 0.1) is 0 Å². The molecule has 4 nitrogen and oxygen atoms in total. The minimum absolute atomic E-state index is 0.162. The summed E-state index contributed by atoms with van der Waals surface area (Å²) in [6.07, 6.45) is 0. The van der Waals surface area contributed by atoms with Crippen molar-refractivity contribution in [2.75, 3.05) is 17.7 Å². The molecule has 0 unspecified atom stereocenters. The number of anilines is 2. The molecule has 0 atom stereocenters. The summed E-state index contributed by atoms with van der Waals surface area (Å²) in [5.41, 5.74) is 6.26. The van der Waals surface area contributed by atoms with Gasteiger partial charge in [0.2, 0.25) is 0 Å². The van der Waals surface area contributed by atoms with E-state index in [9.17, 15) is 13.6 Å². The van der Waals surface area contributed by atoms with E-state index in [1.165, 1.54) is 6.07 Å². The van der Waals surface area contributed by atoms with Crippen molar-refractivity contribution < 1.29 is 18.3 Å². The second-order valence-corrected chi connectivity index (χ2v) is 4.03. The molecule has 0 spiro atoms. The number of rotatable bonds is 4. The summed E-state index contributed by atoms with van der Waals surface area (Å²) >= 11 is 0. The van der Waals surface area contributed by atoms with E-state index in [0.29, 0.717) is 11.4 Å². The zero-order chi connectivity index (χ0) is 14.5. The van der Waals surface area contributed by atoms with Crippen LogP contribution in [0, 0.1) is 11.6 Å². The van der Waals surface area contributed by atoms with Gasteiger partial charge in [-0.2, -0.15) is 0 Å². The molecule has 6 heteroatoms. The van der Waals surface area contributed by atoms with Crippen LogP contribution >= 0.6 is 0 Å². The molecule has 3 N–H and O–H groups in total. The van der Waals surface area contributed by atoms with Gasteiger partial charge in [0.15, 0.2) is 18.2 Å². The second kappa shape index (κ2) is 6.01. The molecule has 0 bridgehead atoms. The van der Waals surface area contributed by atoms with E-state index in [4.69, 9.17) is 10.5 Å². The van der Waals surface area contributed by atoms with E-state index in [2.05, 4.69) is 5.32 Å². The monoisotopic (exact) mass is 278 g/mol. The van der Waals surface area contributed by atoms with Crippen LogP contribution in [0.3, 0.4) is 0 Å². The minimum Gasteiger partial charge on any atom is -0.484 e. The number of hydrogen-bond acceptors (Lipinski definition) is 3. The first-order valence-electron chi connectivity index (χ1n) is 5.78. The van der Waals surface area contributed by atoms with E-state index in [1.54, 1.807) is 24.3 Å². The lowest BCUT2D eigenvalue weighted by atomic mass is 10.3. The fraction of sp³-hybridized carbons (Fsp3) is 0.0714. The van der Waals surface area contributed by atoms with Crippen LogP contribution in [0.2, 0.25) is 0 Å². The molecule has 0 fully saturated rings. The average molecular weight is 278 g/mol. The predicted molar refractivity (Wildman–Crippen MR) is 71.3 cm³/mol. The number of carbonyl (C=O) groups excluding carboxylic acids is 1. The van der Waals surface area contributed by atoms with Gasteiger partial charge in [0.25, 0.3) is 5.91 Å². The Kier molecular flexibility index (Phi) is 4.14. The Balaban J connectivity index is 1.89. The normalized spacial score (nSPS) is 10.1. The fourth-order valence-corrected chi connectivity index (χ4v) is 1.48. The van der Waals surface area contributed by atoms with Crippen LogP contribution in [0.5, 0.6) is 5.75 Å². The number of benzene rings is 2. The molecule has 0 saturated carbocycles. The first kappa shape index (κ1) is 13.8. The van der Waals surface area contributed by atoms with E-state index in [1.807, 2.05) is 0 Å². The zero-order valence-electron chi connectivity index (χ0n) is 10.4. The van der Waals surface area contributed by atoms with Crippen molar-refractivity contribution in [3.8, 4) is 5.75 Å². The summed E-state index contributed by atoms with van der Waals surface area (Å²) in [6, 6.07) is 9.63. The smallest absolute Gasteiger partial charge is 0.262 e. The number of hydrogen-bond donors (Lipinski definition) is 2. The van der Waals surface area contributed by atoms with Crippen molar-refractivity contribution in [3.05, 3.63) is 54.1 Å². The van der Waals surface area contributed by atoms with Gasteiger partial charge < -0.3 is 15.8 Å². The van der Waals surface area contributed by atoms with Crippen molar-refractivity contribution in [2.45, 2.75) is 0 Å². The van der Waals surface area contributed by atoms with Gasteiger partial charge in [-0.3, -0.25) is 4.79 Å². The lowest BCUT2D eigenvalue weighted by Gasteiger charge is -2.08. The molecule has 0 aromatic heterocycles. The molecule has 0 aliphatic rings. The van der Waals surface area contributed by atoms with Crippen LogP contribution in [0.25, 0.3) is 0 Å². The van der Waals surface area contributed by atoms with Crippen molar-refractivity contribution in [2.24, 2.45) is 0 Å².